The van der Waals surface area contributed by atoms with E-state index in [1.165, 1.54) is 24.2 Å². The number of nitrogens with one attached hydrogen (secondary N) is 2. The molecule has 164 valence electrons. The Balaban J connectivity index is 1.42. The van der Waals surface area contributed by atoms with Gasteiger partial charge >= 0.3 is 0 Å². The van der Waals surface area contributed by atoms with Crippen LogP contribution in [0, 0.1) is 0 Å². The van der Waals surface area contributed by atoms with E-state index in [1.807, 2.05) is 0 Å². The molecule has 0 amide bonds. The number of aliphatic imine (C=N–C) groups is 1. The molecule has 2 heterocycles. The lowest BCUT2D eigenvalue weighted by Gasteiger charge is -2.34. The van der Waals surface area contributed by atoms with Gasteiger partial charge in [0.25, 0.3) is 0 Å². The van der Waals surface area contributed by atoms with E-state index in [9.17, 15) is 0 Å². The average molecular weight is 429 g/mol. The molecule has 1 aromatic heterocycles. The van der Waals surface area contributed by atoms with Gasteiger partial charge in [-0.15, -0.1) is 11.3 Å². The number of benzene rings is 1. The van der Waals surface area contributed by atoms with Crippen molar-refractivity contribution in [2.45, 2.75) is 46.3 Å². The number of thiazole rings is 1. The molecule has 2 N–H and O–H groups in total. The summed E-state index contributed by atoms with van der Waals surface area (Å²) in [6, 6.07) is 8.94. The van der Waals surface area contributed by atoms with Crippen molar-refractivity contribution in [3.63, 3.8) is 0 Å². The summed E-state index contributed by atoms with van der Waals surface area (Å²) in [6.45, 7) is 14.9. The molecule has 0 unspecified atom stereocenters. The van der Waals surface area contributed by atoms with Crippen LogP contribution in [-0.4, -0.2) is 60.5 Å². The molecule has 0 atom stereocenters. The summed E-state index contributed by atoms with van der Waals surface area (Å²) in [4.78, 5) is 14.1. The van der Waals surface area contributed by atoms with Crippen LogP contribution in [0.1, 0.15) is 48.5 Å². The zero-order chi connectivity index (χ0) is 21.3. The van der Waals surface area contributed by atoms with Gasteiger partial charge in [-0.3, -0.25) is 9.89 Å². The van der Waals surface area contributed by atoms with Gasteiger partial charge in [0, 0.05) is 51.7 Å². The molecule has 30 heavy (non-hydrogen) atoms. The van der Waals surface area contributed by atoms with E-state index in [-0.39, 0.29) is 0 Å². The fourth-order valence-corrected chi connectivity index (χ4v) is 4.42. The highest BCUT2D eigenvalue weighted by atomic mass is 32.1. The van der Waals surface area contributed by atoms with Crippen molar-refractivity contribution in [3.05, 3.63) is 51.5 Å². The predicted octanol–water partition coefficient (Wildman–Crippen LogP) is 3.27. The van der Waals surface area contributed by atoms with E-state index in [2.05, 4.69) is 80.8 Å². The molecule has 1 aromatic carbocycles. The second-order valence-electron chi connectivity index (χ2n) is 8.13. The number of rotatable bonds is 8. The Morgan fingerprint density at radius 1 is 1.03 bits per heavy atom. The molecule has 1 fully saturated rings. The van der Waals surface area contributed by atoms with Gasteiger partial charge in [-0.25, -0.2) is 4.98 Å². The van der Waals surface area contributed by atoms with Crippen molar-refractivity contribution in [2.24, 2.45) is 4.99 Å². The van der Waals surface area contributed by atoms with Gasteiger partial charge in [-0.2, -0.15) is 0 Å². The van der Waals surface area contributed by atoms with Crippen LogP contribution in [0.15, 0.2) is 34.6 Å². The Bertz CT molecular complexity index is 790. The summed E-state index contributed by atoms with van der Waals surface area (Å²) < 4.78 is 0. The summed E-state index contributed by atoms with van der Waals surface area (Å²) in [5.74, 6) is 1.27. The normalized spacial score (nSPS) is 16.2. The molecule has 3 rings (SSSR count). The third-order valence-electron chi connectivity index (χ3n) is 5.59. The summed E-state index contributed by atoms with van der Waals surface area (Å²) >= 11 is 1.70. The number of piperazine rings is 1. The Kier molecular flexibility index (Phi) is 8.66. The molecular weight excluding hydrogens is 392 g/mol. The van der Waals surface area contributed by atoms with E-state index in [0.717, 1.165) is 49.4 Å². The molecule has 1 aliphatic rings. The van der Waals surface area contributed by atoms with Gasteiger partial charge in [-0.05, 0) is 23.6 Å². The van der Waals surface area contributed by atoms with Crippen LogP contribution >= 0.6 is 11.3 Å². The highest BCUT2D eigenvalue weighted by molar-refractivity contribution is 7.09. The molecule has 0 bridgehead atoms. The maximum absolute atomic E-state index is 4.67. The third-order valence-corrected chi connectivity index (χ3v) is 6.46. The quantitative estimate of drug-likeness (QED) is 0.499. The van der Waals surface area contributed by atoms with Crippen molar-refractivity contribution in [1.82, 2.24) is 25.4 Å². The van der Waals surface area contributed by atoms with Crippen molar-refractivity contribution in [2.75, 3.05) is 39.8 Å². The zero-order valence-electron chi connectivity index (χ0n) is 18.8. The summed E-state index contributed by atoms with van der Waals surface area (Å²) in [5, 5.41) is 9.99. The largest absolute Gasteiger partial charge is 0.352 e. The lowest BCUT2D eigenvalue weighted by molar-refractivity contribution is 0.132. The molecule has 7 heteroatoms. The highest BCUT2D eigenvalue weighted by Gasteiger charge is 2.15. The van der Waals surface area contributed by atoms with Gasteiger partial charge in [-0.1, -0.05) is 45.0 Å². The van der Waals surface area contributed by atoms with E-state index in [1.54, 1.807) is 18.4 Å². The predicted molar refractivity (Wildman–Crippen MR) is 127 cm³/mol. The highest BCUT2D eigenvalue weighted by Crippen LogP contribution is 2.17. The van der Waals surface area contributed by atoms with Crippen molar-refractivity contribution >= 4 is 17.3 Å². The van der Waals surface area contributed by atoms with E-state index in [4.69, 9.17) is 0 Å². The zero-order valence-corrected chi connectivity index (χ0v) is 19.6. The van der Waals surface area contributed by atoms with Gasteiger partial charge in [0.15, 0.2) is 5.96 Å². The van der Waals surface area contributed by atoms with Crippen molar-refractivity contribution in [1.29, 1.82) is 0 Å². The Hall–Kier alpha value is -1.96. The third kappa shape index (κ3) is 6.79. The lowest BCUT2D eigenvalue weighted by Crippen LogP contribution is -2.45. The first-order valence-electron chi connectivity index (χ1n) is 11.0. The molecule has 1 aliphatic heterocycles. The molecule has 0 radical (unpaired) electrons. The summed E-state index contributed by atoms with van der Waals surface area (Å²) in [6.07, 6.45) is 0. The van der Waals surface area contributed by atoms with Gasteiger partial charge in [0.2, 0.25) is 0 Å². The molecule has 6 nitrogen and oxygen atoms in total. The molecule has 0 spiro atoms. The molecule has 1 saturated heterocycles. The van der Waals surface area contributed by atoms with Gasteiger partial charge < -0.3 is 15.5 Å². The fraction of sp³-hybridized carbons (Fsp3) is 0.565. The fourth-order valence-electron chi connectivity index (χ4n) is 3.52. The SMILES string of the molecule is CCN1CCN(Cc2ccc(CNC(=NC)NCc3nc(C(C)C)cs3)cc2)CC1. The first kappa shape index (κ1) is 22.7. The maximum atomic E-state index is 4.67. The minimum Gasteiger partial charge on any atom is -0.352 e. The van der Waals surface area contributed by atoms with Crippen molar-refractivity contribution < 1.29 is 0 Å². The minimum atomic E-state index is 0.469. The molecule has 2 aromatic rings. The smallest absolute Gasteiger partial charge is 0.191 e. The first-order valence-corrected chi connectivity index (χ1v) is 11.9. The molecule has 0 saturated carbocycles. The van der Waals surface area contributed by atoms with Crippen LogP contribution in [-0.2, 0) is 19.6 Å². The monoisotopic (exact) mass is 428 g/mol. The maximum Gasteiger partial charge on any atom is 0.191 e. The Labute approximate surface area is 185 Å². The van der Waals surface area contributed by atoms with Crippen LogP contribution in [0.4, 0.5) is 0 Å². The second kappa shape index (κ2) is 11.4. The standard InChI is InChI=1S/C23H36N6S/c1-5-28-10-12-29(13-11-28)16-20-8-6-19(7-9-20)14-25-23(24-4)26-15-22-27-21(17-30-22)18(2)3/h6-9,17-18H,5,10-16H2,1-4H3,(H2,24,25,26). The summed E-state index contributed by atoms with van der Waals surface area (Å²) in [5.41, 5.74) is 3.80. The number of aromatic nitrogens is 1. The van der Waals surface area contributed by atoms with Crippen LogP contribution in [0.5, 0.6) is 0 Å². The van der Waals surface area contributed by atoms with Crippen LogP contribution in [0.25, 0.3) is 0 Å². The van der Waals surface area contributed by atoms with E-state index < -0.39 is 0 Å². The molecular formula is C23H36N6S. The topological polar surface area (TPSA) is 55.8 Å². The Morgan fingerprint density at radius 3 is 2.27 bits per heavy atom. The Morgan fingerprint density at radius 2 is 1.67 bits per heavy atom. The van der Waals surface area contributed by atoms with Gasteiger partial charge in [0.1, 0.15) is 5.01 Å². The molecule has 0 aliphatic carbocycles. The number of guanidine groups is 1. The van der Waals surface area contributed by atoms with Crippen LogP contribution in [0.3, 0.4) is 0 Å². The number of hydrogen-bond donors (Lipinski definition) is 2. The number of likely N-dealkylation sites (N-methyl/N-ethyl adjacent to an activating group) is 1. The lowest BCUT2D eigenvalue weighted by atomic mass is 10.1. The first-order chi connectivity index (χ1) is 14.6. The van der Waals surface area contributed by atoms with Crippen LogP contribution < -0.4 is 10.6 Å². The average Bonchev–Trinajstić information content (AvgIpc) is 3.25. The van der Waals surface area contributed by atoms with Crippen molar-refractivity contribution in [3.8, 4) is 0 Å². The van der Waals surface area contributed by atoms with Gasteiger partial charge in [0.05, 0.1) is 12.2 Å². The van der Waals surface area contributed by atoms with E-state index >= 15 is 0 Å². The second-order valence-corrected chi connectivity index (χ2v) is 9.07. The number of hydrogen-bond acceptors (Lipinski definition) is 5. The van der Waals surface area contributed by atoms with Crippen LogP contribution in [0.2, 0.25) is 0 Å². The summed E-state index contributed by atoms with van der Waals surface area (Å²) in [7, 11) is 1.80. The minimum absolute atomic E-state index is 0.469. The van der Waals surface area contributed by atoms with E-state index in [0.29, 0.717) is 12.5 Å². The number of nitrogens with zero attached hydrogens (tertiary/aromatic N) is 4.